The quantitative estimate of drug-likeness (QED) is 0.529. The van der Waals surface area contributed by atoms with Crippen LogP contribution in [0.2, 0.25) is 0 Å². The Morgan fingerprint density at radius 3 is 1.73 bits per heavy atom. The lowest BCUT2D eigenvalue weighted by Crippen LogP contribution is -2.40. The van der Waals surface area contributed by atoms with Crippen LogP contribution in [0, 0.1) is 5.92 Å². The van der Waals surface area contributed by atoms with Gasteiger partial charge in [-0.1, -0.05) is 0 Å². The SMILES string of the molecule is CC(=O)OC[C@H]1C[C@H](OC(C)=O)[C@@H](OC(C)=O)[C@H]1OC(C)=O. The molecule has 0 unspecified atom stereocenters. The van der Waals surface area contributed by atoms with Crippen molar-refractivity contribution in [2.24, 2.45) is 5.92 Å². The molecule has 1 aliphatic rings. The fraction of sp³-hybridized carbons (Fsp3) is 0.714. The first-order valence-corrected chi connectivity index (χ1v) is 6.85. The first-order chi connectivity index (χ1) is 10.2. The average molecular weight is 316 g/mol. The van der Waals surface area contributed by atoms with Gasteiger partial charge in [-0.3, -0.25) is 19.2 Å². The third-order valence-electron chi connectivity index (χ3n) is 3.11. The molecular formula is C14H20O8. The average Bonchev–Trinajstić information content (AvgIpc) is 2.63. The van der Waals surface area contributed by atoms with Crippen LogP contribution >= 0.6 is 0 Å². The predicted molar refractivity (Wildman–Crippen MR) is 71.4 cm³/mol. The minimum atomic E-state index is -0.925. The number of carbonyl (C=O) groups is 4. The highest BCUT2D eigenvalue weighted by Crippen LogP contribution is 2.34. The molecule has 0 amide bonds. The van der Waals surface area contributed by atoms with E-state index in [0.29, 0.717) is 0 Å². The number of hydrogen-bond acceptors (Lipinski definition) is 8. The molecule has 0 aromatic rings. The molecule has 0 N–H and O–H groups in total. The zero-order valence-corrected chi connectivity index (χ0v) is 13.0. The number of esters is 4. The molecule has 1 saturated carbocycles. The Kier molecular flexibility index (Phi) is 6.33. The van der Waals surface area contributed by atoms with Crippen LogP contribution in [-0.4, -0.2) is 48.8 Å². The van der Waals surface area contributed by atoms with Crippen molar-refractivity contribution in [2.45, 2.75) is 52.4 Å². The van der Waals surface area contributed by atoms with Gasteiger partial charge in [-0.05, 0) is 6.42 Å². The van der Waals surface area contributed by atoms with Gasteiger partial charge in [0, 0.05) is 33.6 Å². The van der Waals surface area contributed by atoms with E-state index >= 15 is 0 Å². The van der Waals surface area contributed by atoms with Crippen LogP contribution in [0.25, 0.3) is 0 Å². The predicted octanol–water partition coefficient (Wildman–Crippen LogP) is 0.364. The van der Waals surface area contributed by atoms with E-state index in [-0.39, 0.29) is 13.0 Å². The maximum atomic E-state index is 11.3. The van der Waals surface area contributed by atoms with Gasteiger partial charge in [0.25, 0.3) is 0 Å². The van der Waals surface area contributed by atoms with Gasteiger partial charge in [0.15, 0.2) is 6.10 Å². The van der Waals surface area contributed by atoms with E-state index in [4.69, 9.17) is 18.9 Å². The molecule has 8 nitrogen and oxygen atoms in total. The molecule has 1 rings (SSSR count). The Morgan fingerprint density at radius 1 is 0.773 bits per heavy atom. The second-order valence-electron chi connectivity index (χ2n) is 5.09. The van der Waals surface area contributed by atoms with Gasteiger partial charge in [0.05, 0.1) is 6.61 Å². The Hall–Kier alpha value is -2.12. The number of rotatable bonds is 5. The first-order valence-electron chi connectivity index (χ1n) is 6.85. The fourth-order valence-corrected chi connectivity index (χ4v) is 2.45. The van der Waals surface area contributed by atoms with E-state index in [9.17, 15) is 19.2 Å². The van der Waals surface area contributed by atoms with Crippen LogP contribution in [0.3, 0.4) is 0 Å². The summed E-state index contributed by atoms with van der Waals surface area (Å²) in [7, 11) is 0. The Balaban J connectivity index is 2.94. The lowest BCUT2D eigenvalue weighted by atomic mass is 10.1. The van der Waals surface area contributed by atoms with Gasteiger partial charge in [-0.15, -0.1) is 0 Å². The van der Waals surface area contributed by atoms with Gasteiger partial charge in [0.2, 0.25) is 0 Å². The second kappa shape index (κ2) is 7.77. The Morgan fingerprint density at radius 2 is 1.27 bits per heavy atom. The Bertz CT molecular complexity index is 458. The minimum Gasteiger partial charge on any atom is -0.465 e. The molecule has 1 fully saturated rings. The molecule has 0 aromatic carbocycles. The fourth-order valence-electron chi connectivity index (χ4n) is 2.45. The van der Waals surface area contributed by atoms with Gasteiger partial charge < -0.3 is 18.9 Å². The van der Waals surface area contributed by atoms with Crippen molar-refractivity contribution in [2.75, 3.05) is 6.61 Å². The van der Waals surface area contributed by atoms with Crippen LogP contribution in [0.5, 0.6) is 0 Å². The summed E-state index contributed by atoms with van der Waals surface area (Å²) in [6.07, 6.45) is -2.27. The molecule has 0 saturated heterocycles. The largest absolute Gasteiger partial charge is 0.465 e. The molecule has 0 bridgehead atoms. The lowest BCUT2D eigenvalue weighted by molar-refractivity contribution is -0.176. The topological polar surface area (TPSA) is 105 Å². The standard InChI is InChI=1S/C14H20O8/c1-7(15)19-6-11-5-12(20-8(2)16)14(22-10(4)18)13(11)21-9(3)17/h11-14H,5-6H2,1-4H3/t11-,12+,13+,14-/m1/s1. The van der Waals surface area contributed by atoms with Gasteiger partial charge in [0.1, 0.15) is 12.2 Å². The summed E-state index contributed by atoms with van der Waals surface area (Å²) in [4.78, 5) is 44.6. The molecule has 4 atom stereocenters. The van der Waals surface area contributed by atoms with Crippen molar-refractivity contribution >= 4 is 23.9 Å². The molecule has 1 aliphatic carbocycles. The summed E-state index contributed by atoms with van der Waals surface area (Å²) < 4.78 is 20.4. The zero-order chi connectivity index (χ0) is 16.9. The van der Waals surface area contributed by atoms with Crippen molar-refractivity contribution in [3.63, 3.8) is 0 Å². The van der Waals surface area contributed by atoms with Gasteiger partial charge >= 0.3 is 23.9 Å². The summed E-state index contributed by atoms with van der Waals surface area (Å²) in [6, 6.07) is 0. The lowest BCUT2D eigenvalue weighted by Gasteiger charge is -2.25. The van der Waals surface area contributed by atoms with Crippen molar-refractivity contribution in [3.05, 3.63) is 0 Å². The summed E-state index contributed by atoms with van der Waals surface area (Å²) in [5.41, 5.74) is 0. The smallest absolute Gasteiger partial charge is 0.303 e. The van der Waals surface area contributed by atoms with Crippen molar-refractivity contribution in [3.8, 4) is 0 Å². The number of hydrogen-bond donors (Lipinski definition) is 0. The van der Waals surface area contributed by atoms with E-state index in [0.717, 1.165) is 0 Å². The molecule has 124 valence electrons. The summed E-state index contributed by atoms with van der Waals surface area (Å²) in [5, 5.41) is 0. The summed E-state index contributed by atoms with van der Waals surface area (Å²) in [6.45, 7) is 4.87. The molecule has 0 heterocycles. The normalized spacial score (nSPS) is 26.9. The second-order valence-corrected chi connectivity index (χ2v) is 5.09. The number of carbonyl (C=O) groups excluding carboxylic acids is 4. The number of ether oxygens (including phenoxy) is 4. The van der Waals surface area contributed by atoms with E-state index in [2.05, 4.69) is 0 Å². The maximum Gasteiger partial charge on any atom is 0.303 e. The van der Waals surface area contributed by atoms with Crippen LogP contribution in [-0.2, 0) is 38.1 Å². The molecule has 0 radical (unpaired) electrons. The summed E-state index contributed by atoms with van der Waals surface area (Å²) in [5.74, 6) is -2.62. The minimum absolute atomic E-state index is 0.0250. The summed E-state index contributed by atoms with van der Waals surface area (Å²) >= 11 is 0. The van der Waals surface area contributed by atoms with Crippen molar-refractivity contribution in [1.29, 1.82) is 0 Å². The molecule has 22 heavy (non-hydrogen) atoms. The molecule has 8 heteroatoms. The third-order valence-corrected chi connectivity index (χ3v) is 3.11. The van der Waals surface area contributed by atoms with Crippen LogP contribution < -0.4 is 0 Å². The van der Waals surface area contributed by atoms with E-state index in [1.165, 1.54) is 27.7 Å². The Labute approximate surface area is 128 Å². The van der Waals surface area contributed by atoms with Crippen LogP contribution in [0.15, 0.2) is 0 Å². The van der Waals surface area contributed by atoms with Gasteiger partial charge in [-0.25, -0.2) is 0 Å². The van der Waals surface area contributed by atoms with Gasteiger partial charge in [-0.2, -0.15) is 0 Å². The maximum absolute atomic E-state index is 11.3. The highest BCUT2D eigenvalue weighted by Gasteiger charge is 2.50. The molecule has 0 aromatic heterocycles. The molecule has 0 spiro atoms. The van der Waals surface area contributed by atoms with Crippen LogP contribution in [0.1, 0.15) is 34.1 Å². The highest BCUT2D eigenvalue weighted by atomic mass is 16.6. The zero-order valence-electron chi connectivity index (χ0n) is 13.0. The molecule has 0 aliphatic heterocycles. The first kappa shape index (κ1) is 17.9. The monoisotopic (exact) mass is 316 g/mol. The van der Waals surface area contributed by atoms with E-state index < -0.39 is 48.1 Å². The van der Waals surface area contributed by atoms with Crippen molar-refractivity contribution in [1.82, 2.24) is 0 Å². The van der Waals surface area contributed by atoms with E-state index in [1.807, 2.05) is 0 Å². The van der Waals surface area contributed by atoms with Crippen molar-refractivity contribution < 1.29 is 38.1 Å². The third kappa shape index (κ3) is 5.34. The molecular weight excluding hydrogens is 296 g/mol. The van der Waals surface area contributed by atoms with Crippen LogP contribution in [0.4, 0.5) is 0 Å². The highest BCUT2D eigenvalue weighted by molar-refractivity contribution is 5.68. The van der Waals surface area contributed by atoms with E-state index in [1.54, 1.807) is 0 Å².